The van der Waals surface area contributed by atoms with Gasteiger partial charge in [-0.3, -0.25) is 9.69 Å². The Balaban J connectivity index is 1.15. The number of fused-ring (bicyclic) bond motifs is 1. The Labute approximate surface area is 196 Å². The maximum atomic E-state index is 13.0. The molecule has 182 valence electrons. The topological polar surface area (TPSA) is 81.4 Å². The largest absolute Gasteiger partial charge is 0.464 e. The number of rotatable bonds is 10. The summed E-state index contributed by atoms with van der Waals surface area (Å²) in [5.74, 6) is -0.541. The van der Waals surface area contributed by atoms with Crippen molar-refractivity contribution < 1.29 is 22.8 Å². The van der Waals surface area contributed by atoms with Crippen molar-refractivity contribution in [2.45, 2.75) is 77.7 Å². The molecule has 0 radical (unpaired) electrons. The van der Waals surface area contributed by atoms with Gasteiger partial charge in [0.05, 0.1) is 12.1 Å². The monoisotopic (exact) mass is 482 g/mol. The number of ether oxygens (including phenoxy) is 1. The Kier molecular flexibility index (Phi) is 7.73. The van der Waals surface area contributed by atoms with Gasteiger partial charge < -0.3 is 9.26 Å². The summed E-state index contributed by atoms with van der Waals surface area (Å²) in [5.41, 5.74) is 0.972. The first-order chi connectivity index (χ1) is 15.7. The lowest BCUT2D eigenvalue weighted by molar-refractivity contribution is -0.120. The fraction of sp³-hybridized carbons (Fsp3) is 0.739. The number of nitrogens with zero attached hydrogens (tertiary/aromatic N) is 4. The number of hydrogen-bond acceptors (Lipinski definition) is 8. The van der Waals surface area contributed by atoms with Crippen molar-refractivity contribution in [1.29, 1.82) is 0 Å². The zero-order chi connectivity index (χ0) is 23.4. The van der Waals surface area contributed by atoms with Gasteiger partial charge in [-0.25, -0.2) is 13.8 Å². The van der Waals surface area contributed by atoms with Gasteiger partial charge in [-0.2, -0.15) is 4.98 Å². The highest BCUT2D eigenvalue weighted by Gasteiger charge is 2.27. The molecule has 2 aromatic heterocycles. The molecule has 0 unspecified atom stereocenters. The Morgan fingerprint density at radius 1 is 1.24 bits per heavy atom. The maximum Gasteiger partial charge on any atom is 0.278 e. The molecular weight excluding hydrogens is 450 g/mol. The van der Waals surface area contributed by atoms with Gasteiger partial charge in [-0.15, -0.1) is 0 Å². The summed E-state index contributed by atoms with van der Waals surface area (Å²) in [7, 11) is 0. The Morgan fingerprint density at radius 2 is 2.00 bits per heavy atom. The fourth-order valence-electron chi connectivity index (χ4n) is 4.73. The lowest BCUT2D eigenvalue weighted by atomic mass is 9.78. The van der Waals surface area contributed by atoms with E-state index in [1.807, 2.05) is 0 Å². The Hall–Kier alpha value is -1.94. The molecule has 33 heavy (non-hydrogen) atoms. The van der Waals surface area contributed by atoms with Crippen molar-refractivity contribution in [1.82, 2.24) is 20.0 Å². The number of carbonyl (C=O) groups excluding carboxylic acids is 1. The molecule has 1 aliphatic carbocycles. The molecule has 1 aliphatic heterocycles. The van der Waals surface area contributed by atoms with E-state index in [4.69, 9.17) is 9.26 Å². The van der Waals surface area contributed by atoms with Gasteiger partial charge in [-0.1, -0.05) is 29.3 Å². The molecule has 0 N–H and O–H groups in total. The second-order valence-electron chi connectivity index (χ2n) is 9.57. The predicted molar refractivity (Wildman–Crippen MR) is 120 cm³/mol. The van der Waals surface area contributed by atoms with E-state index in [0.717, 1.165) is 75.7 Å². The van der Waals surface area contributed by atoms with E-state index in [2.05, 4.69) is 20.0 Å². The number of aromatic nitrogens is 3. The van der Waals surface area contributed by atoms with Crippen LogP contribution in [0.4, 0.5) is 8.78 Å². The number of ketones is 1. The van der Waals surface area contributed by atoms with E-state index < -0.39 is 12.5 Å². The summed E-state index contributed by atoms with van der Waals surface area (Å²) in [6.07, 6.45) is 7.40. The molecule has 4 rings (SSSR count). The van der Waals surface area contributed by atoms with Gasteiger partial charge in [-0.05, 0) is 51.0 Å². The van der Waals surface area contributed by atoms with E-state index >= 15 is 0 Å². The summed E-state index contributed by atoms with van der Waals surface area (Å²) in [6, 6.07) is 0. The van der Waals surface area contributed by atoms with Crippen molar-refractivity contribution in [3.05, 3.63) is 22.3 Å². The number of alkyl halides is 2. The number of Topliss-reactive ketones (excluding diaryl/α,β-unsaturated/α-hetero) is 1. The number of halogens is 2. The van der Waals surface area contributed by atoms with Crippen LogP contribution in [0.15, 0.2) is 4.52 Å². The number of hydrogen-bond donors (Lipinski definition) is 0. The highest BCUT2D eigenvalue weighted by Crippen LogP contribution is 2.34. The molecule has 2 aliphatic rings. The lowest BCUT2D eigenvalue weighted by Gasteiger charge is -2.31. The van der Waals surface area contributed by atoms with Gasteiger partial charge in [0.25, 0.3) is 11.1 Å². The predicted octanol–water partition coefficient (Wildman–Crippen LogP) is 4.63. The average molecular weight is 483 g/mol. The molecule has 0 spiro atoms. The van der Waals surface area contributed by atoms with Crippen LogP contribution in [0, 0.1) is 18.8 Å². The van der Waals surface area contributed by atoms with E-state index in [0.29, 0.717) is 35.2 Å². The normalized spacial score (nSPS) is 21.7. The second kappa shape index (κ2) is 10.5. The van der Waals surface area contributed by atoms with Crippen molar-refractivity contribution in [3.63, 3.8) is 0 Å². The third-order valence-corrected chi connectivity index (χ3v) is 7.56. The third-order valence-electron chi connectivity index (χ3n) is 6.49. The zero-order valence-electron chi connectivity index (χ0n) is 19.3. The second-order valence-corrected chi connectivity index (χ2v) is 10.6. The smallest absolute Gasteiger partial charge is 0.278 e. The van der Waals surface area contributed by atoms with Crippen LogP contribution >= 0.6 is 11.3 Å². The average Bonchev–Trinajstić information content (AvgIpc) is 3.36. The molecule has 0 saturated heterocycles. The molecule has 2 aromatic rings. The highest BCUT2D eigenvalue weighted by molar-refractivity contribution is 7.13. The van der Waals surface area contributed by atoms with Gasteiger partial charge in [0.1, 0.15) is 5.78 Å². The quantitative estimate of drug-likeness (QED) is 0.489. The fourth-order valence-corrected chi connectivity index (χ4v) is 5.64. The third kappa shape index (κ3) is 7.27. The minimum Gasteiger partial charge on any atom is -0.464 e. The van der Waals surface area contributed by atoms with Crippen LogP contribution in [0.1, 0.15) is 67.7 Å². The van der Waals surface area contributed by atoms with Crippen molar-refractivity contribution >= 4 is 17.1 Å². The molecule has 1 fully saturated rings. The highest BCUT2D eigenvalue weighted by atomic mass is 32.1. The van der Waals surface area contributed by atoms with Crippen LogP contribution < -0.4 is 4.74 Å². The number of carbonyl (C=O) groups is 1. The first-order valence-corrected chi connectivity index (χ1v) is 12.6. The van der Waals surface area contributed by atoms with Crippen molar-refractivity contribution in [2.75, 3.05) is 19.7 Å². The summed E-state index contributed by atoms with van der Waals surface area (Å²) < 4.78 is 36.3. The van der Waals surface area contributed by atoms with Gasteiger partial charge in [0, 0.05) is 31.3 Å². The summed E-state index contributed by atoms with van der Waals surface area (Å²) in [5, 5.41) is 4.09. The van der Waals surface area contributed by atoms with E-state index in [1.165, 1.54) is 11.3 Å². The molecular formula is C23H32F2N4O3S. The van der Waals surface area contributed by atoms with E-state index in [9.17, 15) is 13.6 Å². The number of thiazole rings is 1. The van der Waals surface area contributed by atoms with Crippen LogP contribution in [-0.2, 0) is 24.2 Å². The van der Waals surface area contributed by atoms with E-state index in [1.54, 1.807) is 6.92 Å². The molecule has 7 nitrogen and oxygen atoms in total. The lowest BCUT2D eigenvalue weighted by Crippen LogP contribution is -2.32. The van der Waals surface area contributed by atoms with Gasteiger partial charge >= 0.3 is 0 Å². The van der Waals surface area contributed by atoms with E-state index in [-0.39, 0.29) is 12.2 Å². The van der Waals surface area contributed by atoms with Crippen LogP contribution in [0.3, 0.4) is 0 Å². The Morgan fingerprint density at radius 3 is 2.70 bits per heavy atom. The van der Waals surface area contributed by atoms with Crippen LogP contribution in [-0.4, -0.2) is 51.4 Å². The molecule has 1 saturated carbocycles. The molecule has 0 atom stereocenters. The SMILES string of the molecule is Cc1noc(CC(=O)CC2CCC(CCN3CCc4sc(OCC(C)(F)F)nc4C3)CC2)n1. The van der Waals surface area contributed by atoms with Crippen LogP contribution in [0.2, 0.25) is 0 Å². The van der Waals surface area contributed by atoms with Gasteiger partial charge in [0.15, 0.2) is 12.4 Å². The first kappa shape index (κ1) is 24.2. The summed E-state index contributed by atoms with van der Waals surface area (Å²) in [6.45, 7) is 4.72. The molecule has 0 amide bonds. The molecule has 0 bridgehead atoms. The minimum atomic E-state index is -2.85. The molecule has 3 heterocycles. The maximum absolute atomic E-state index is 13.0. The number of aryl methyl sites for hydroxylation is 1. The summed E-state index contributed by atoms with van der Waals surface area (Å²) in [4.78, 5) is 24.4. The van der Waals surface area contributed by atoms with Crippen LogP contribution in [0.5, 0.6) is 5.19 Å². The van der Waals surface area contributed by atoms with Crippen molar-refractivity contribution in [3.8, 4) is 5.19 Å². The first-order valence-electron chi connectivity index (χ1n) is 11.8. The van der Waals surface area contributed by atoms with Crippen molar-refractivity contribution in [2.24, 2.45) is 11.8 Å². The van der Waals surface area contributed by atoms with Crippen LogP contribution in [0.25, 0.3) is 0 Å². The molecule has 10 heteroatoms. The van der Waals surface area contributed by atoms with Gasteiger partial charge in [0.2, 0.25) is 5.89 Å². The Bertz CT molecular complexity index is 935. The minimum absolute atomic E-state index is 0.181. The molecule has 0 aromatic carbocycles. The summed E-state index contributed by atoms with van der Waals surface area (Å²) >= 11 is 1.40. The zero-order valence-corrected chi connectivity index (χ0v) is 20.1. The standard InChI is InChI=1S/C23H32F2N4O3S/c1-15-26-21(32-28-15)12-18(30)11-17-5-3-16(4-6-17)7-9-29-10-8-20-19(13-29)27-22(33-20)31-14-23(2,24)25/h16-17H,3-14H2,1-2H3.